The first-order valence-electron chi connectivity index (χ1n) is 8.90. The summed E-state index contributed by atoms with van der Waals surface area (Å²) >= 11 is 6.19. The molecule has 0 spiro atoms. The summed E-state index contributed by atoms with van der Waals surface area (Å²) in [5, 5.41) is 7.86. The Balaban J connectivity index is 1.82. The zero-order valence-electron chi connectivity index (χ0n) is 14.9. The Morgan fingerprint density at radius 2 is 2.20 bits per heavy atom. The lowest BCUT2D eigenvalue weighted by Gasteiger charge is -2.28. The predicted molar refractivity (Wildman–Crippen MR) is 97.2 cm³/mol. The van der Waals surface area contributed by atoms with E-state index in [4.69, 9.17) is 16.1 Å². The van der Waals surface area contributed by atoms with Crippen molar-refractivity contribution in [2.45, 2.75) is 52.5 Å². The second-order valence-corrected chi connectivity index (χ2v) is 7.33. The van der Waals surface area contributed by atoms with E-state index in [9.17, 15) is 4.79 Å². The average molecular weight is 362 g/mol. The molecule has 1 saturated carbocycles. The molecule has 25 heavy (non-hydrogen) atoms. The molecule has 0 bridgehead atoms. The summed E-state index contributed by atoms with van der Waals surface area (Å²) in [4.78, 5) is 16.9. The molecular formula is C19H24ClN3O2. The largest absolute Gasteiger partial charge is 0.344 e. The van der Waals surface area contributed by atoms with Crippen LogP contribution in [0.4, 0.5) is 0 Å². The van der Waals surface area contributed by atoms with Crippen LogP contribution in [0.25, 0.3) is 11.4 Å². The second-order valence-electron chi connectivity index (χ2n) is 6.92. The van der Waals surface area contributed by atoms with Crippen LogP contribution in [0.5, 0.6) is 0 Å². The monoisotopic (exact) mass is 361 g/mol. The van der Waals surface area contributed by atoms with Crippen LogP contribution >= 0.6 is 11.6 Å². The number of hydrogen-bond donors (Lipinski definition) is 1. The van der Waals surface area contributed by atoms with Gasteiger partial charge in [0.15, 0.2) is 0 Å². The highest BCUT2D eigenvalue weighted by atomic mass is 35.5. The lowest BCUT2D eigenvalue weighted by molar-refractivity contribution is -0.128. The Kier molecular flexibility index (Phi) is 5.42. The lowest BCUT2D eigenvalue weighted by atomic mass is 9.84. The Morgan fingerprint density at radius 3 is 2.80 bits per heavy atom. The number of benzene rings is 1. The van der Waals surface area contributed by atoms with E-state index in [1.807, 2.05) is 25.1 Å². The molecule has 0 saturated heterocycles. The zero-order chi connectivity index (χ0) is 18.0. The van der Waals surface area contributed by atoms with E-state index in [0.29, 0.717) is 16.7 Å². The maximum Gasteiger partial charge on any atom is 0.249 e. The Labute approximate surface area is 153 Å². The van der Waals surface area contributed by atoms with E-state index in [0.717, 1.165) is 36.8 Å². The quantitative estimate of drug-likeness (QED) is 0.809. The van der Waals surface area contributed by atoms with Crippen molar-refractivity contribution in [3.63, 3.8) is 0 Å². The van der Waals surface area contributed by atoms with Gasteiger partial charge in [0.2, 0.25) is 17.6 Å². The van der Waals surface area contributed by atoms with Crippen molar-refractivity contribution in [2.75, 3.05) is 0 Å². The van der Waals surface area contributed by atoms with Crippen LogP contribution in [0.15, 0.2) is 22.7 Å². The Bertz CT molecular complexity index is 755. The van der Waals surface area contributed by atoms with Gasteiger partial charge in [-0.15, -0.1) is 0 Å². The highest BCUT2D eigenvalue weighted by Crippen LogP contribution is 2.30. The third-order valence-corrected chi connectivity index (χ3v) is 5.53. The first-order valence-corrected chi connectivity index (χ1v) is 9.28. The molecule has 1 heterocycles. The van der Waals surface area contributed by atoms with Gasteiger partial charge in [0, 0.05) is 16.5 Å². The van der Waals surface area contributed by atoms with E-state index in [1.165, 1.54) is 0 Å². The van der Waals surface area contributed by atoms with Crippen molar-refractivity contribution >= 4 is 17.5 Å². The minimum Gasteiger partial charge on any atom is -0.344 e. The first-order chi connectivity index (χ1) is 12.0. The van der Waals surface area contributed by atoms with Gasteiger partial charge >= 0.3 is 0 Å². The maximum absolute atomic E-state index is 12.4. The molecule has 2 aromatic rings. The summed E-state index contributed by atoms with van der Waals surface area (Å²) in [7, 11) is 0. The fourth-order valence-electron chi connectivity index (χ4n) is 2.84. The zero-order valence-corrected chi connectivity index (χ0v) is 15.6. The van der Waals surface area contributed by atoms with Crippen LogP contribution in [0, 0.1) is 18.8 Å². The number of nitrogens with one attached hydrogen (secondary N) is 1. The van der Waals surface area contributed by atoms with Gasteiger partial charge < -0.3 is 9.84 Å². The SMILES string of the molecule is CC[C@@H](C)[C@@H](NC(=O)C1CCC1)c1nc(-c2ccc(C)c(Cl)c2)no1. The number of rotatable bonds is 6. The van der Waals surface area contributed by atoms with Gasteiger partial charge in [-0.3, -0.25) is 4.79 Å². The Hall–Kier alpha value is -1.88. The summed E-state index contributed by atoms with van der Waals surface area (Å²) in [5.41, 5.74) is 1.80. The van der Waals surface area contributed by atoms with E-state index < -0.39 is 0 Å². The van der Waals surface area contributed by atoms with Crippen LogP contribution in [0.3, 0.4) is 0 Å². The number of carbonyl (C=O) groups excluding carboxylic acids is 1. The maximum atomic E-state index is 12.4. The average Bonchev–Trinajstić information content (AvgIpc) is 3.02. The van der Waals surface area contributed by atoms with Crippen LogP contribution in [0.2, 0.25) is 5.02 Å². The summed E-state index contributed by atoms with van der Waals surface area (Å²) in [5.74, 6) is 1.37. The van der Waals surface area contributed by atoms with Gasteiger partial charge in [-0.25, -0.2) is 0 Å². The van der Waals surface area contributed by atoms with Gasteiger partial charge in [0.1, 0.15) is 6.04 Å². The molecule has 1 N–H and O–H groups in total. The molecule has 1 aliphatic rings. The van der Waals surface area contributed by atoms with Crippen molar-refractivity contribution in [1.82, 2.24) is 15.5 Å². The minimum atomic E-state index is -0.264. The number of amides is 1. The topological polar surface area (TPSA) is 68.0 Å². The normalized spacial score (nSPS) is 17.0. The summed E-state index contributed by atoms with van der Waals surface area (Å²) in [6.45, 7) is 6.12. The number of hydrogen-bond acceptors (Lipinski definition) is 4. The number of halogens is 1. The molecule has 1 aliphatic carbocycles. The molecule has 3 rings (SSSR count). The third-order valence-electron chi connectivity index (χ3n) is 5.12. The van der Waals surface area contributed by atoms with E-state index >= 15 is 0 Å². The number of carbonyl (C=O) groups is 1. The van der Waals surface area contributed by atoms with Crippen molar-refractivity contribution < 1.29 is 9.32 Å². The van der Waals surface area contributed by atoms with Crippen molar-refractivity contribution in [3.05, 3.63) is 34.7 Å². The van der Waals surface area contributed by atoms with Gasteiger partial charge in [0.05, 0.1) is 0 Å². The fraction of sp³-hybridized carbons (Fsp3) is 0.526. The third kappa shape index (κ3) is 3.87. The molecule has 1 aromatic heterocycles. The molecule has 0 unspecified atom stereocenters. The van der Waals surface area contributed by atoms with Crippen molar-refractivity contribution in [1.29, 1.82) is 0 Å². The standard InChI is InChI=1S/C19H24ClN3O2/c1-4-11(2)16(21-18(24)13-6-5-7-13)19-22-17(23-25-19)14-9-8-12(3)15(20)10-14/h8-11,13,16H,4-7H2,1-3H3,(H,21,24)/t11-,16-/m1/s1. The van der Waals surface area contributed by atoms with Crippen LogP contribution in [-0.4, -0.2) is 16.0 Å². The molecule has 1 fully saturated rings. The lowest BCUT2D eigenvalue weighted by Crippen LogP contribution is -2.39. The van der Waals surface area contributed by atoms with Gasteiger partial charge in [-0.2, -0.15) is 4.98 Å². The van der Waals surface area contributed by atoms with Crippen LogP contribution in [-0.2, 0) is 4.79 Å². The highest BCUT2D eigenvalue weighted by Gasteiger charge is 2.31. The summed E-state index contributed by atoms with van der Waals surface area (Å²) < 4.78 is 5.49. The number of aryl methyl sites for hydroxylation is 1. The van der Waals surface area contributed by atoms with Crippen LogP contribution in [0.1, 0.15) is 57.0 Å². The Morgan fingerprint density at radius 1 is 1.44 bits per heavy atom. The molecule has 134 valence electrons. The van der Waals surface area contributed by atoms with E-state index in [1.54, 1.807) is 0 Å². The van der Waals surface area contributed by atoms with Crippen molar-refractivity contribution in [3.8, 4) is 11.4 Å². The van der Waals surface area contributed by atoms with Gasteiger partial charge in [-0.1, -0.05) is 55.6 Å². The highest BCUT2D eigenvalue weighted by molar-refractivity contribution is 6.31. The van der Waals surface area contributed by atoms with Crippen molar-refractivity contribution in [2.24, 2.45) is 11.8 Å². The van der Waals surface area contributed by atoms with E-state index in [-0.39, 0.29) is 23.8 Å². The summed E-state index contributed by atoms with van der Waals surface area (Å²) in [6.07, 6.45) is 3.97. The molecule has 2 atom stereocenters. The first kappa shape index (κ1) is 17.9. The fourth-order valence-corrected chi connectivity index (χ4v) is 3.02. The van der Waals surface area contributed by atoms with Gasteiger partial charge in [-0.05, 0) is 37.3 Å². The molecule has 1 amide bonds. The number of nitrogens with zero attached hydrogens (tertiary/aromatic N) is 2. The molecular weight excluding hydrogens is 338 g/mol. The summed E-state index contributed by atoms with van der Waals surface area (Å²) in [6, 6.07) is 5.41. The molecule has 6 heteroatoms. The predicted octanol–water partition coefficient (Wildman–Crippen LogP) is 4.70. The molecule has 5 nitrogen and oxygen atoms in total. The van der Waals surface area contributed by atoms with E-state index in [2.05, 4.69) is 29.3 Å². The molecule has 0 aliphatic heterocycles. The molecule has 0 radical (unpaired) electrons. The minimum absolute atomic E-state index is 0.0923. The molecule has 1 aromatic carbocycles. The smallest absolute Gasteiger partial charge is 0.249 e. The number of aromatic nitrogens is 2. The van der Waals surface area contributed by atoms with Gasteiger partial charge in [0.25, 0.3) is 0 Å². The second kappa shape index (κ2) is 7.56. The van der Waals surface area contributed by atoms with Crippen LogP contribution < -0.4 is 5.32 Å².